The van der Waals surface area contributed by atoms with Gasteiger partial charge in [-0.1, -0.05) is 31.9 Å². The number of carbonyl (C=O) groups is 1. The topological polar surface area (TPSA) is 40.5 Å². The fourth-order valence-electron chi connectivity index (χ4n) is 2.26. The molecule has 0 aromatic heterocycles. The molecular weight excluding hydrogens is 362 g/mol. The molecule has 3 nitrogen and oxygen atoms in total. The van der Waals surface area contributed by atoms with Crippen LogP contribution in [-0.2, 0) is 0 Å². The summed E-state index contributed by atoms with van der Waals surface area (Å²) < 4.78 is 1.77. The minimum absolute atomic E-state index is 0.0372. The second kappa shape index (κ2) is 6.17. The molecule has 98 valence electrons. The zero-order chi connectivity index (χ0) is 13.1. The molecule has 1 aromatic rings. The van der Waals surface area contributed by atoms with Crippen LogP contribution in [0, 0.1) is 5.92 Å². The third-order valence-corrected chi connectivity index (χ3v) is 4.09. The molecule has 2 rings (SSSR count). The average Bonchev–Trinajstić information content (AvgIpc) is 2.37. The van der Waals surface area contributed by atoms with E-state index in [4.69, 9.17) is 0 Å². The van der Waals surface area contributed by atoms with Crippen molar-refractivity contribution in [3.05, 3.63) is 32.7 Å². The third-order valence-electron chi connectivity index (χ3n) is 3.17. The van der Waals surface area contributed by atoms with Crippen molar-refractivity contribution in [1.29, 1.82) is 0 Å². The van der Waals surface area contributed by atoms with Gasteiger partial charge in [-0.05, 0) is 37.0 Å². The molecule has 1 atom stereocenters. The molecule has 1 heterocycles. The quantitative estimate of drug-likeness (QED) is 0.861. The van der Waals surface area contributed by atoms with Crippen LogP contribution in [0.25, 0.3) is 0 Å². The molecular formula is C13H15Br2NO2. The number of halogens is 2. The van der Waals surface area contributed by atoms with E-state index in [2.05, 4.69) is 31.9 Å². The van der Waals surface area contributed by atoms with E-state index < -0.39 is 0 Å². The number of carbonyl (C=O) groups excluding carboxylic acids is 1. The SMILES string of the molecule is O=C(c1cc(Br)cc(Br)c1)N1CCCC(CO)C1. The molecule has 1 aliphatic heterocycles. The Morgan fingerprint density at radius 2 is 2.00 bits per heavy atom. The summed E-state index contributed by atoms with van der Waals surface area (Å²) in [5.74, 6) is 0.258. The van der Waals surface area contributed by atoms with Crippen LogP contribution in [0.2, 0.25) is 0 Å². The number of piperidine rings is 1. The van der Waals surface area contributed by atoms with Gasteiger partial charge in [-0.25, -0.2) is 0 Å². The highest BCUT2D eigenvalue weighted by atomic mass is 79.9. The maximum absolute atomic E-state index is 12.4. The summed E-state index contributed by atoms with van der Waals surface area (Å²) in [6.45, 7) is 1.59. The van der Waals surface area contributed by atoms with Crippen molar-refractivity contribution in [2.75, 3.05) is 19.7 Å². The molecule has 1 fully saturated rings. The predicted octanol–water partition coefficient (Wildman–Crippen LogP) is 3.06. The number of hydrogen-bond acceptors (Lipinski definition) is 2. The Morgan fingerprint density at radius 1 is 1.33 bits per heavy atom. The van der Waals surface area contributed by atoms with Gasteiger partial charge in [0, 0.05) is 34.2 Å². The Kier molecular flexibility index (Phi) is 4.81. The van der Waals surface area contributed by atoms with E-state index in [0.29, 0.717) is 12.1 Å². The summed E-state index contributed by atoms with van der Waals surface area (Å²) in [6.07, 6.45) is 1.97. The minimum atomic E-state index is 0.0372. The Morgan fingerprint density at radius 3 is 2.61 bits per heavy atom. The number of benzene rings is 1. The molecule has 1 N–H and O–H groups in total. The third kappa shape index (κ3) is 3.33. The van der Waals surface area contributed by atoms with Gasteiger partial charge in [-0.3, -0.25) is 4.79 Å². The molecule has 0 saturated carbocycles. The van der Waals surface area contributed by atoms with E-state index in [1.54, 1.807) is 0 Å². The van der Waals surface area contributed by atoms with Crippen molar-refractivity contribution < 1.29 is 9.90 Å². The van der Waals surface area contributed by atoms with Gasteiger partial charge >= 0.3 is 0 Å². The highest BCUT2D eigenvalue weighted by molar-refractivity contribution is 9.11. The fraction of sp³-hybridized carbons (Fsp3) is 0.462. The smallest absolute Gasteiger partial charge is 0.253 e. The first-order valence-electron chi connectivity index (χ1n) is 5.96. The van der Waals surface area contributed by atoms with Crippen LogP contribution >= 0.6 is 31.9 Å². The summed E-state index contributed by atoms with van der Waals surface area (Å²) in [7, 11) is 0. The normalized spacial score (nSPS) is 19.9. The van der Waals surface area contributed by atoms with Gasteiger partial charge in [0.15, 0.2) is 0 Å². The average molecular weight is 377 g/mol. The van der Waals surface area contributed by atoms with Crippen molar-refractivity contribution in [3.63, 3.8) is 0 Å². The number of likely N-dealkylation sites (tertiary alicyclic amines) is 1. The van der Waals surface area contributed by atoms with Crippen LogP contribution in [-0.4, -0.2) is 35.6 Å². The first-order chi connectivity index (χ1) is 8.60. The second-order valence-electron chi connectivity index (χ2n) is 4.60. The largest absolute Gasteiger partial charge is 0.396 e. The Balaban J connectivity index is 2.15. The highest BCUT2D eigenvalue weighted by Gasteiger charge is 2.24. The van der Waals surface area contributed by atoms with Crippen LogP contribution in [0.5, 0.6) is 0 Å². The van der Waals surface area contributed by atoms with E-state index in [-0.39, 0.29) is 18.4 Å². The van der Waals surface area contributed by atoms with Crippen LogP contribution in [0.15, 0.2) is 27.1 Å². The van der Waals surface area contributed by atoms with Crippen molar-refractivity contribution in [2.24, 2.45) is 5.92 Å². The summed E-state index contributed by atoms with van der Waals surface area (Å²) >= 11 is 6.78. The molecule has 0 spiro atoms. The van der Waals surface area contributed by atoms with Gasteiger partial charge in [-0.2, -0.15) is 0 Å². The van der Waals surface area contributed by atoms with Crippen molar-refractivity contribution in [2.45, 2.75) is 12.8 Å². The van der Waals surface area contributed by atoms with Gasteiger partial charge in [0.05, 0.1) is 0 Å². The van der Waals surface area contributed by atoms with E-state index in [0.717, 1.165) is 28.3 Å². The first-order valence-corrected chi connectivity index (χ1v) is 7.55. The zero-order valence-electron chi connectivity index (χ0n) is 9.90. The molecule has 1 amide bonds. The summed E-state index contributed by atoms with van der Waals surface area (Å²) in [5.41, 5.74) is 0.676. The van der Waals surface area contributed by atoms with E-state index >= 15 is 0 Å². The number of rotatable bonds is 2. The molecule has 18 heavy (non-hydrogen) atoms. The lowest BCUT2D eigenvalue weighted by atomic mass is 9.98. The number of aliphatic hydroxyl groups is 1. The maximum atomic E-state index is 12.4. The minimum Gasteiger partial charge on any atom is -0.396 e. The van der Waals surface area contributed by atoms with Crippen molar-refractivity contribution in [3.8, 4) is 0 Å². The lowest BCUT2D eigenvalue weighted by molar-refractivity contribution is 0.0620. The van der Waals surface area contributed by atoms with Gasteiger partial charge in [-0.15, -0.1) is 0 Å². The number of hydrogen-bond donors (Lipinski definition) is 1. The molecule has 0 bridgehead atoms. The van der Waals surface area contributed by atoms with Crippen molar-refractivity contribution >= 4 is 37.8 Å². The number of aliphatic hydroxyl groups excluding tert-OH is 1. The summed E-state index contributed by atoms with van der Waals surface area (Å²) in [4.78, 5) is 14.2. The first kappa shape index (κ1) is 14.0. The lowest BCUT2D eigenvalue weighted by Crippen LogP contribution is -2.40. The lowest BCUT2D eigenvalue weighted by Gasteiger charge is -2.32. The van der Waals surface area contributed by atoms with Crippen LogP contribution < -0.4 is 0 Å². The Labute approximate surface area is 123 Å². The van der Waals surface area contributed by atoms with Gasteiger partial charge in [0.25, 0.3) is 5.91 Å². The highest BCUT2D eigenvalue weighted by Crippen LogP contribution is 2.23. The van der Waals surface area contributed by atoms with Crippen LogP contribution in [0.3, 0.4) is 0 Å². The molecule has 1 aromatic carbocycles. The maximum Gasteiger partial charge on any atom is 0.253 e. The van der Waals surface area contributed by atoms with Gasteiger partial charge in [0.2, 0.25) is 0 Å². The second-order valence-corrected chi connectivity index (χ2v) is 6.43. The Hall–Kier alpha value is -0.390. The summed E-state index contributed by atoms with van der Waals surface area (Å²) in [5, 5.41) is 9.20. The van der Waals surface area contributed by atoms with E-state index in [1.807, 2.05) is 23.1 Å². The Bertz CT molecular complexity index is 430. The molecule has 0 aliphatic carbocycles. The fourth-order valence-corrected chi connectivity index (χ4v) is 3.55. The number of nitrogens with zero attached hydrogens (tertiary/aromatic N) is 1. The van der Waals surface area contributed by atoms with Crippen LogP contribution in [0.4, 0.5) is 0 Å². The molecule has 0 radical (unpaired) electrons. The van der Waals surface area contributed by atoms with Crippen molar-refractivity contribution in [1.82, 2.24) is 4.90 Å². The standard InChI is InChI=1S/C13H15Br2NO2/c14-11-4-10(5-12(15)6-11)13(18)16-3-1-2-9(7-16)8-17/h4-6,9,17H,1-3,7-8H2. The summed E-state index contributed by atoms with van der Waals surface area (Å²) in [6, 6.07) is 5.56. The number of amides is 1. The zero-order valence-corrected chi connectivity index (χ0v) is 13.1. The molecule has 1 saturated heterocycles. The van der Waals surface area contributed by atoms with Gasteiger partial charge < -0.3 is 10.0 Å². The molecule has 1 unspecified atom stereocenters. The molecule has 5 heteroatoms. The van der Waals surface area contributed by atoms with Gasteiger partial charge in [0.1, 0.15) is 0 Å². The van der Waals surface area contributed by atoms with E-state index in [9.17, 15) is 9.90 Å². The monoisotopic (exact) mass is 375 g/mol. The van der Waals surface area contributed by atoms with E-state index in [1.165, 1.54) is 0 Å². The van der Waals surface area contributed by atoms with Crippen LogP contribution in [0.1, 0.15) is 23.2 Å². The predicted molar refractivity (Wildman–Crippen MR) is 77.6 cm³/mol. The molecule has 1 aliphatic rings.